The molecule has 0 aliphatic carbocycles. The highest BCUT2D eigenvalue weighted by Crippen LogP contribution is 2.29. The van der Waals surface area contributed by atoms with Gasteiger partial charge in [-0.1, -0.05) is 0 Å². The zero-order chi connectivity index (χ0) is 20.3. The van der Waals surface area contributed by atoms with E-state index in [-0.39, 0.29) is 23.7 Å². The first-order chi connectivity index (χ1) is 13.2. The Bertz CT molecular complexity index is 829. The Hall–Kier alpha value is -2.88. The Morgan fingerprint density at radius 2 is 2.14 bits per heavy atom. The molecule has 2 amide bonds. The molecule has 0 aromatic carbocycles. The summed E-state index contributed by atoms with van der Waals surface area (Å²) in [5.41, 5.74) is 0.853. The molecule has 3 heterocycles. The third-order valence-corrected chi connectivity index (χ3v) is 4.22. The Labute approximate surface area is 163 Å². The lowest BCUT2D eigenvalue weighted by Crippen LogP contribution is -2.43. The Balaban J connectivity index is 1.50. The topological polar surface area (TPSA) is 123 Å². The smallest absolute Gasteiger partial charge is 0.407 e. The highest BCUT2D eigenvalue weighted by Gasteiger charge is 2.28. The number of aromatic nitrogens is 4. The Morgan fingerprint density at radius 1 is 1.36 bits per heavy atom. The van der Waals surface area contributed by atoms with E-state index < -0.39 is 6.09 Å². The number of aromatic amines is 1. The van der Waals surface area contributed by atoms with Crippen molar-refractivity contribution in [2.75, 3.05) is 11.9 Å². The predicted octanol–water partition coefficient (Wildman–Crippen LogP) is 2.14. The maximum atomic E-state index is 12.2. The number of amides is 2. The van der Waals surface area contributed by atoms with Crippen molar-refractivity contribution in [2.45, 2.75) is 51.4 Å². The summed E-state index contributed by atoms with van der Waals surface area (Å²) in [6, 6.07) is 3.37. The summed E-state index contributed by atoms with van der Waals surface area (Å²) >= 11 is 0. The van der Waals surface area contributed by atoms with Crippen molar-refractivity contribution in [2.24, 2.45) is 7.05 Å². The number of H-pyrrole nitrogens is 1. The van der Waals surface area contributed by atoms with Gasteiger partial charge >= 0.3 is 6.09 Å². The number of hydrogen-bond donors (Lipinski definition) is 3. The number of aryl methyl sites for hydroxylation is 1. The number of hydrogen-bond acceptors (Lipinski definition) is 6. The molecular formula is C18H26N6O4. The molecule has 2 aromatic rings. The molecule has 1 aliphatic rings. The van der Waals surface area contributed by atoms with Crippen LogP contribution in [0.15, 0.2) is 18.3 Å². The van der Waals surface area contributed by atoms with Gasteiger partial charge in [-0.2, -0.15) is 10.2 Å². The van der Waals surface area contributed by atoms with Crippen LogP contribution in [0.1, 0.15) is 55.9 Å². The fourth-order valence-corrected chi connectivity index (χ4v) is 2.90. The molecule has 0 bridgehead atoms. The lowest BCUT2D eigenvalue weighted by Gasteiger charge is -2.29. The molecular weight excluding hydrogens is 364 g/mol. The monoisotopic (exact) mass is 390 g/mol. The van der Waals surface area contributed by atoms with Crippen LogP contribution >= 0.6 is 0 Å². The van der Waals surface area contributed by atoms with Gasteiger partial charge in [-0.15, -0.1) is 0 Å². The molecule has 1 fully saturated rings. The maximum Gasteiger partial charge on any atom is 0.407 e. The molecule has 28 heavy (non-hydrogen) atoms. The molecule has 1 saturated heterocycles. The first-order valence-electron chi connectivity index (χ1n) is 9.16. The summed E-state index contributed by atoms with van der Waals surface area (Å²) in [6.45, 7) is 5.98. The molecule has 0 spiro atoms. The van der Waals surface area contributed by atoms with E-state index in [1.165, 1.54) is 4.68 Å². The van der Waals surface area contributed by atoms with Gasteiger partial charge in [-0.25, -0.2) is 4.79 Å². The largest absolute Gasteiger partial charge is 0.444 e. The molecule has 3 rings (SSSR count). The van der Waals surface area contributed by atoms with Gasteiger partial charge in [-0.3, -0.25) is 14.6 Å². The molecule has 0 saturated carbocycles. The molecule has 2 aromatic heterocycles. The van der Waals surface area contributed by atoms with Crippen LogP contribution < -0.4 is 10.6 Å². The highest BCUT2D eigenvalue weighted by molar-refractivity contribution is 6.02. The zero-order valence-corrected chi connectivity index (χ0v) is 16.5. The number of anilines is 1. The van der Waals surface area contributed by atoms with Crippen molar-refractivity contribution in [1.82, 2.24) is 25.3 Å². The maximum absolute atomic E-state index is 12.2. The van der Waals surface area contributed by atoms with Crippen LogP contribution in [-0.2, 0) is 16.5 Å². The number of nitrogens with zero attached hydrogens (tertiary/aromatic N) is 3. The SMILES string of the molecule is Cn1nccc1C(=O)Nc1cc(C2CC[C@@H](OC(=O)NC(C)(C)C)CO2)[nH]n1. The average molecular weight is 390 g/mol. The van der Waals surface area contributed by atoms with Crippen LogP contribution in [0.4, 0.5) is 10.6 Å². The van der Waals surface area contributed by atoms with E-state index >= 15 is 0 Å². The lowest BCUT2D eigenvalue weighted by atomic mass is 10.0. The summed E-state index contributed by atoms with van der Waals surface area (Å²) in [6.07, 6.45) is 1.98. The van der Waals surface area contributed by atoms with Crippen molar-refractivity contribution in [3.63, 3.8) is 0 Å². The quantitative estimate of drug-likeness (QED) is 0.735. The molecule has 0 radical (unpaired) electrons. The van der Waals surface area contributed by atoms with E-state index in [1.807, 2.05) is 20.8 Å². The number of alkyl carbamates (subject to hydrolysis) is 1. The number of carbonyl (C=O) groups excluding carboxylic acids is 2. The van der Waals surface area contributed by atoms with Crippen LogP contribution in [0.2, 0.25) is 0 Å². The van der Waals surface area contributed by atoms with E-state index in [9.17, 15) is 9.59 Å². The average Bonchev–Trinajstić information content (AvgIpc) is 3.23. The van der Waals surface area contributed by atoms with Crippen molar-refractivity contribution >= 4 is 17.8 Å². The third kappa shape index (κ3) is 5.10. The lowest BCUT2D eigenvalue weighted by molar-refractivity contribution is -0.0640. The Kier molecular flexibility index (Phi) is 5.68. The first kappa shape index (κ1) is 19.9. The van der Waals surface area contributed by atoms with Gasteiger partial charge in [0.15, 0.2) is 5.82 Å². The van der Waals surface area contributed by atoms with Gasteiger partial charge in [0.25, 0.3) is 5.91 Å². The van der Waals surface area contributed by atoms with Crippen molar-refractivity contribution in [1.29, 1.82) is 0 Å². The van der Waals surface area contributed by atoms with Crippen molar-refractivity contribution in [3.05, 3.63) is 29.7 Å². The molecule has 3 N–H and O–H groups in total. The minimum absolute atomic E-state index is 0.194. The molecule has 1 aliphatic heterocycles. The van der Waals surface area contributed by atoms with Crippen LogP contribution in [-0.4, -0.2) is 50.2 Å². The van der Waals surface area contributed by atoms with E-state index in [4.69, 9.17) is 9.47 Å². The van der Waals surface area contributed by atoms with Gasteiger partial charge in [0, 0.05) is 24.8 Å². The van der Waals surface area contributed by atoms with Crippen molar-refractivity contribution in [3.8, 4) is 0 Å². The second-order valence-electron chi connectivity index (χ2n) is 7.80. The van der Waals surface area contributed by atoms with E-state index in [1.54, 1.807) is 25.4 Å². The summed E-state index contributed by atoms with van der Waals surface area (Å²) in [7, 11) is 1.70. The standard InChI is InChI=1S/C18H26N6O4/c1-18(2,3)21-17(26)28-11-5-6-14(27-10-11)12-9-15(23-22-12)20-16(25)13-7-8-19-24(13)4/h7-9,11,14H,5-6,10H2,1-4H3,(H,21,26)(H2,20,22,23,25)/t11-,14?/m1/s1. The minimum Gasteiger partial charge on any atom is -0.444 e. The minimum atomic E-state index is -0.443. The number of carbonyl (C=O) groups is 2. The molecule has 10 nitrogen and oxygen atoms in total. The predicted molar refractivity (Wildman–Crippen MR) is 101 cm³/mol. The summed E-state index contributed by atoms with van der Waals surface area (Å²) in [4.78, 5) is 24.1. The van der Waals surface area contributed by atoms with Gasteiger partial charge in [0.1, 0.15) is 11.8 Å². The zero-order valence-electron chi connectivity index (χ0n) is 16.5. The second kappa shape index (κ2) is 8.01. The van der Waals surface area contributed by atoms with Gasteiger partial charge in [0.2, 0.25) is 0 Å². The second-order valence-corrected chi connectivity index (χ2v) is 7.80. The van der Waals surface area contributed by atoms with E-state index in [0.29, 0.717) is 31.0 Å². The Morgan fingerprint density at radius 3 is 2.75 bits per heavy atom. The van der Waals surface area contributed by atoms with Crippen LogP contribution in [0.5, 0.6) is 0 Å². The van der Waals surface area contributed by atoms with Gasteiger partial charge < -0.3 is 20.1 Å². The highest BCUT2D eigenvalue weighted by atomic mass is 16.6. The van der Waals surface area contributed by atoms with Crippen LogP contribution in [0, 0.1) is 0 Å². The van der Waals surface area contributed by atoms with Gasteiger partial charge in [-0.05, 0) is 39.7 Å². The fourth-order valence-electron chi connectivity index (χ4n) is 2.90. The summed E-state index contributed by atoms with van der Waals surface area (Å²) < 4.78 is 12.7. The number of ether oxygens (including phenoxy) is 2. The molecule has 2 atom stereocenters. The summed E-state index contributed by atoms with van der Waals surface area (Å²) in [5, 5.41) is 16.5. The third-order valence-electron chi connectivity index (χ3n) is 4.22. The molecule has 1 unspecified atom stereocenters. The van der Waals surface area contributed by atoms with Crippen LogP contribution in [0.3, 0.4) is 0 Å². The fraction of sp³-hybridized carbons (Fsp3) is 0.556. The number of rotatable bonds is 4. The van der Waals surface area contributed by atoms with Gasteiger partial charge in [0.05, 0.1) is 18.4 Å². The first-order valence-corrected chi connectivity index (χ1v) is 9.16. The van der Waals surface area contributed by atoms with E-state index in [0.717, 1.165) is 5.69 Å². The van der Waals surface area contributed by atoms with E-state index in [2.05, 4.69) is 25.9 Å². The molecule has 10 heteroatoms. The normalized spacial score (nSPS) is 19.9. The summed E-state index contributed by atoms with van der Waals surface area (Å²) in [5.74, 6) is 0.119. The van der Waals surface area contributed by atoms with Crippen LogP contribution in [0.25, 0.3) is 0 Å². The van der Waals surface area contributed by atoms with Crippen molar-refractivity contribution < 1.29 is 19.1 Å². The molecule has 152 valence electrons. The number of nitrogens with one attached hydrogen (secondary N) is 3.